The summed E-state index contributed by atoms with van der Waals surface area (Å²) in [6.07, 6.45) is 0.915. The Bertz CT molecular complexity index is 761. The average molecular weight is 291 g/mol. The summed E-state index contributed by atoms with van der Waals surface area (Å²) in [5.41, 5.74) is 8.58. The number of ether oxygens (including phenoxy) is 1. The summed E-state index contributed by atoms with van der Waals surface area (Å²) < 4.78 is 5.50. The van der Waals surface area contributed by atoms with Crippen LogP contribution < -0.4 is 10.5 Å². The highest BCUT2D eigenvalue weighted by molar-refractivity contribution is 5.85. The second-order valence-electron chi connectivity index (χ2n) is 5.52. The Labute approximate surface area is 131 Å². The van der Waals surface area contributed by atoms with Gasteiger partial charge in [0.15, 0.2) is 0 Å². The van der Waals surface area contributed by atoms with E-state index >= 15 is 0 Å². The highest BCUT2D eigenvalue weighted by atomic mass is 16.5. The van der Waals surface area contributed by atoms with Crippen LogP contribution in [0.4, 0.5) is 0 Å². The SMILES string of the molecule is COc1ccccc1C(CN)Cc1cccc2ccccc12. The van der Waals surface area contributed by atoms with Crippen LogP contribution in [0.3, 0.4) is 0 Å². The summed E-state index contributed by atoms with van der Waals surface area (Å²) in [7, 11) is 1.71. The minimum absolute atomic E-state index is 0.252. The van der Waals surface area contributed by atoms with Crippen molar-refractivity contribution in [2.75, 3.05) is 13.7 Å². The van der Waals surface area contributed by atoms with Crippen LogP contribution in [0.2, 0.25) is 0 Å². The first-order valence-corrected chi connectivity index (χ1v) is 7.63. The summed E-state index contributed by atoms with van der Waals surface area (Å²) in [5.74, 6) is 1.17. The van der Waals surface area contributed by atoms with Crippen molar-refractivity contribution in [3.63, 3.8) is 0 Å². The zero-order valence-electron chi connectivity index (χ0n) is 12.8. The van der Waals surface area contributed by atoms with E-state index in [1.54, 1.807) is 7.11 Å². The molecule has 1 atom stereocenters. The van der Waals surface area contributed by atoms with Crippen LogP contribution in [-0.4, -0.2) is 13.7 Å². The first kappa shape index (κ1) is 14.6. The van der Waals surface area contributed by atoms with E-state index in [-0.39, 0.29) is 5.92 Å². The summed E-state index contributed by atoms with van der Waals surface area (Å²) in [6, 6.07) is 23.1. The molecule has 0 aliphatic carbocycles. The molecule has 0 aromatic heterocycles. The number of methoxy groups -OCH3 is 1. The van der Waals surface area contributed by atoms with Gasteiger partial charge in [-0.15, -0.1) is 0 Å². The number of benzene rings is 3. The predicted molar refractivity (Wildman–Crippen MR) is 92.4 cm³/mol. The van der Waals surface area contributed by atoms with E-state index in [4.69, 9.17) is 10.5 Å². The molecule has 1 unspecified atom stereocenters. The maximum atomic E-state index is 6.06. The van der Waals surface area contributed by atoms with Gasteiger partial charge in [0.1, 0.15) is 5.75 Å². The third kappa shape index (κ3) is 2.83. The van der Waals surface area contributed by atoms with Gasteiger partial charge in [0.05, 0.1) is 7.11 Å². The molecule has 0 aliphatic rings. The molecule has 2 N–H and O–H groups in total. The van der Waals surface area contributed by atoms with Gasteiger partial charge in [-0.3, -0.25) is 0 Å². The van der Waals surface area contributed by atoms with Crippen LogP contribution in [0.25, 0.3) is 10.8 Å². The van der Waals surface area contributed by atoms with Crippen LogP contribution in [0.15, 0.2) is 66.7 Å². The third-order valence-corrected chi connectivity index (χ3v) is 4.21. The van der Waals surface area contributed by atoms with Gasteiger partial charge in [0, 0.05) is 5.92 Å². The van der Waals surface area contributed by atoms with Crippen molar-refractivity contribution in [1.29, 1.82) is 0 Å². The molecule has 0 radical (unpaired) electrons. The monoisotopic (exact) mass is 291 g/mol. The number of hydrogen-bond donors (Lipinski definition) is 1. The largest absolute Gasteiger partial charge is 0.496 e. The number of fused-ring (bicyclic) bond motifs is 1. The van der Waals surface area contributed by atoms with Crippen LogP contribution in [0, 0.1) is 0 Å². The maximum absolute atomic E-state index is 6.06. The molecule has 0 fully saturated rings. The zero-order valence-corrected chi connectivity index (χ0v) is 12.8. The van der Waals surface area contributed by atoms with Gasteiger partial charge in [-0.2, -0.15) is 0 Å². The molecule has 0 aliphatic heterocycles. The Hall–Kier alpha value is -2.32. The van der Waals surface area contributed by atoms with E-state index in [2.05, 4.69) is 48.5 Å². The van der Waals surface area contributed by atoms with Crippen molar-refractivity contribution in [2.24, 2.45) is 5.73 Å². The third-order valence-electron chi connectivity index (χ3n) is 4.21. The van der Waals surface area contributed by atoms with Gasteiger partial charge in [0.25, 0.3) is 0 Å². The van der Waals surface area contributed by atoms with Crippen molar-refractivity contribution < 1.29 is 4.74 Å². The van der Waals surface area contributed by atoms with E-state index in [1.807, 2.05) is 18.2 Å². The number of para-hydroxylation sites is 1. The molecule has 112 valence electrons. The quantitative estimate of drug-likeness (QED) is 0.767. The topological polar surface area (TPSA) is 35.2 Å². The van der Waals surface area contributed by atoms with E-state index in [0.29, 0.717) is 6.54 Å². The summed E-state index contributed by atoms with van der Waals surface area (Å²) >= 11 is 0. The summed E-state index contributed by atoms with van der Waals surface area (Å²) in [5, 5.41) is 2.58. The van der Waals surface area contributed by atoms with Gasteiger partial charge in [-0.05, 0) is 40.9 Å². The van der Waals surface area contributed by atoms with E-state index in [9.17, 15) is 0 Å². The molecule has 0 heterocycles. The maximum Gasteiger partial charge on any atom is 0.122 e. The van der Waals surface area contributed by atoms with Crippen molar-refractivity contribution in [1.82, 2.24) is 0 Å². The Morgan fingerprint density at radius 2 is 1.64 bits per heavy atom. The first-order valence-electron chi connectivity index (χ1n) is 7.63. The van der Waals surface area contributed by atoms with Gasteiger partial charge in [-0.25, -0.2) is 0 Å². The van der Waals surface area contributed by atoms with Gasteiger partial charge < -0.3 is 10.5 Å². The van der Waals surface area contributed by atoms with E-state index in [1.165, 1.54) is 21.9 Å². The lowest BCUT2D eigenvalue weighted by Crippen LogP contribution is -2.16. The molecule has 0 bridgehead atoms. The van der Waals surface area contributed by atoms with Crippen molar-refractivity contribution >= 4 is 10.8 Å². The number of hydrogen-bond acceptors (Lipinski definition) is 2. The lowest BCUT2D eigenvalue weighted by Gasteiger charge is -2.19. The molecule has 3 aromatic rings. The lowest BCUT2D eigenvalue weighted by atomic mass is 9.89. The molecule has 0 saturated carbocycles. The Kier molecular flexibility index (Phi) is 4.40. The Morgan fingerprint density at radius 1 is 0.909 bits per heavy atom. The number of rotatable bonds is 5. The van der Waals surface area contributed by atoms with Crippen LogP contribution in [-0.2, 0) is 6.42 Å². The molecule has 0 amide bonds. The number of nitrogens with two attached hydrogens (primary N) is 1. The van der Waals surface area contributed by atoms with E-state index in [0.717, 1.165) is 12.2 Å². The molecule has 0 spiro atoms. The van der Waals surface area contributed by atoms with Crippen LogP contribution in [0.1, 0.15) is 17.0 Å². The molecular formula is C20H21NO. The van der Waals surface area contributed by atoms with Crippen molar-refractivity contribution in [2.45, 2.75) is 12.3 Å². The molecular weight excluding hydrogens is 270 g/mol. The van der Waals surface area contributed by atoms with Crippen LogP contribution in [0.5, 0.6) is 5.75 Å². The fourth-order valence-electron chi connectivity index (χ4n) is 3.06. The summed E-state index contributed by atoms with van der Waals surface area (Å²) in [6.45, 7) is 0.601. The minimum Gasteiger partial charge on any atom is -0.496 e. The average Bonchev–Trinajstić information content (AvgIpc) is 2.59. The standard InChI is InChI=1S/C20H21NO/c1-22-20-12-5-4-11-19(20)17(14-21)13-16-9-6-8-15-7-2-3-10-18(15)16/h2-12,17H,13-14,21H2,1H3. The van der Waals surface area contributed by atoms with Crippen molar-refractivity contribution in [3.8, 4) is 5.75 Å². The fourth-order valence-corrected chi connectivity index (χ4v) is 3.06. The molecule has 3 aromatic carbocycles. The van der Waals surface area contributed by atoms with Gasteiger partial charge in [-0.1, -0.05) is 60.7 Å². The molecule has 2 nitrogen and oxygen atoms in total. The highest BCUT2D eigenvalue weighted by Gasteiger charge is 2.16. The molecule has 3 rings (SSSR count). The fraction of sp³-hybridized carbons (Fsp3) is 0.200. The Balaban J connectivity index is 1.98. The molecule has 0 saturated heterocycles. The zero-order chi connectivity index (χ0) is 15.4. The van der Waals surface area contributed by atoms with Crippen LogP contribution >= 0.6 is 0 Å². The Morgan fingerprint density at radius 3 is 2.45 bits per heavy atom. The van der Waals surface area contributed by atoms with E-state index < -0.39 is 0 Å². The second kappa shape index (κ2) is 6.63. The smallest absolute Gasteiger partial charge is 0.122 e. The normalized spacial score (nSPS) is 12.3. The lowest BCUT2D eigenvalue weighted by molar-refractivity contribution is 0.405. The summed E-state index contributed by atoms with van der Waals surface area (Å²) in [4.78, 5) is 0. The molecule has 22 heavy (non-hydrogen) atoms. The second-order valence-corrected chi connectivity index (χ2v) is 5.52. The molecule has 2 heteroatoms. The highest BCUT2D eigenvalue weighted by Crippen LogP contribution is 2.30. The van der Waals surface area contributed by atoms with Gasteiger partial charge >= 0.3 is 0 Å². The van der Waals surface area contributed by atoms with Gasteiger partial charge in [0.2, 0.25) is 0 Å². The minimum atomic E-state index is 0.252. The predicted octanol–water partition coefficient (Wildman–Crippen LogP) is 4.13. The first-order chi connectivity index (χ1) is 10.8. The van der Waals surface area contributed by atoms with Crippen molar-refractivity contribution in [3.05, 3.63) is 77.9 Å².